The number of piperazine rings is 1. The molecule has 242 valence electrons. The van der Waals surface area contributed by atoms with Gasteiger partial charge in [-0.15, -0.1) is 0 Å². The number of rotatable bonds is 3. The van der Waals surface area contributed by atoms with Gasteiger partial charge in [-0.2, -0.15) is 0 Å². The Bertz CT molecular complexity index is 2370. The number of hydrogen-bond acceptors (Lipinski definition) is 8. The minimum atomic E-state index is -0.643. The van der Waals surface area contributed by atoms with Crippen molar-refractivity contribution >= 4 is 60.7 Å². The summed E-state index contributed by atoms with van der Waals surface area (Å²) in [4.78, 5) is 59.8. The summed E-state index contributed by atoms with van der Waals surface area (Å²) >= 11 is 0. The number of fused-ring (bicyclic) bond motifs is 4. The second kappa shape index (κ2) is 12.1. The van der Waals surface area contributed by atoms with E-state index in [9.17, 15) is 19.2 Å². The van der Waals surface area contributed by atoms with Crippen molar-refractivity contribution in [2.24, 2.45) is 0 Å². The first-order valence-electron chi connectivity index (χ1n) is 16.0. The second-order valence-corrected chi connectivity index (χ2v) is 12.5. The van der Waals surface area contributed by atoms with E-state index in [0.717, 1.165) is 6.07 Å². The lowest BCUT2D eigenvalue weighted by Gasteiger charge is -2.34. The minimum absolute atomic E-state index is 0.0183. The van der Waals surface area contributed by atoms with E-state index in [1.165, 1.54) is 38.2 Å². The molecule has 0 bridgehead atoms. The highest BCUT2D eigenvalue weighted by molar-refractivity contribution is 6.08. The Morgan fingerprint density at radius 2 is 1.43 bits per heavy atom. The normalized spacial score (nSPS) is 16.0. The van der Waals surface area contributed by atoms with Crippen molar-refractivity contribution in [3.63, 3.8) is 0 Å². The molecule has 4 aromatic carbocycles. The van der Waals surface area contributed by atoms with Crippen molar-refractivity contribution < 1.29 is 13.6 Å². The Labute approximate surface area is 268 Å². The van der Waals surface area contributed by atoms with Crippen LogP contribution < -0.4 is 26.5 Å². The molecule has 0 unspecified atom stereocenters. The van der Waals surface area contributed by atoms with Crippen molar-refractivity contribution in [2.45, 2.75) is 19.8 Å². The molecule has 0 atom stereocenters. The van der Waals surface area contributed by atoms with Crippen LogP contribution in [0, 0.1) is 5.82 Å². The molecule has 0 saturated carbocycles. The molecule has 2 saturated heterocycles. The third-order valence-corrected chi connectivity index (χ3v) is 9.38. The zero-order valence-corrected chi connectivity index (χ0v) is 26.7. The Morgan fingerprint density at radius 3 is 2.02 bits per heavy atom. The average molecular weight is 638 g/mol. The molecule has 4 heterocycles. The fraction of sp³-hybridized carbons (Fsp3) is 0.333. The number of halogens is 1. The van der Waals surface area contributed by atoms with E-state index in [1.807, 2.05) is 11.9 Å². The van der Waals surface area contributed by atoms with Gasteiger partial charge in [-0.1, -0.05) is 24.3 Å². The van der Waals surface area contributed by atoms with Crippen molar-refractivity contribution in [1.29, 1.82) is 0 Å². The topological polar surface area (TPSA) is 108 Å². The van der Waals surface area contributed by atoms with Gasteiger partial charge in [0.15, 0.2) is 27.8 Å². The number of benzene rings is 4. The number of anilines is 1. The monoisotopic (exact) mass is 637 g/mol. The molecular formula is C36H36FN5O5. The highest BCUT2D eigenvalue weighted by Crippen LogP contribution is 2.37. The molecule has 1 amide bonds. The van der Waals surface area contributed by atoms with Crippen molar-refractivity contribution in [3.05, 3.63) is 90.7 Å². The summed E-state index contributed by atoms with van der Waals surface area (Å²) in [6, 6.07) is 10.8. The Hall–Kier alpha value is -4.87. The fourth-order valence-corrected chi connectivity index (χ4v) is 6.81. The van der Waals surface area contributed by atoms with Gasteiger partial charge in [-0.3, -0.25) is 19.2 Å². The van der Waals surface area contributed by atoms with Gasteiger partial charge in [-0.05, 0) is 65.1 Å². The van der Waals surface area contributed by atoms with Crippen LogP contribution in [0.25, 0.3) is 49.1 Å². The summed E-state index contributed by atoms with van der Waals surface area (Å²) in [7, 11) is 4.16. The average Bonchev–Trinajstić information content (AvgIpc) is 3.56. The summed E-state index contributed by atoms with van der Waals surface area (Å²) in [5, 5.41) is 3.59. The van der Waals surface area contributed by atoms with Crippen LogP contribution >= 0.6 is 0 Å². The number of likely N-dealkylation sites (tertiary alicyclic amines) is 1. The number of pyridine rings is 1. The highest BCUT2D eigenvalue weighted by Gasteiger charge is 2.27. The SMILES string of the molecule is CCNC(=O)c1cn2c3cc4c(=O)c5ccccc5c(=O)c4cc3oc3c(N4CCN(C)CC4)c(F)cc(c1=O)c32.CN1CCCC1. The number of carbonyl (C=O) groups is 1. The minimum Gasteiger partial charge on any atom is -0.451 e. The Morgan fingerprint density at radius 1 is 0.809 bits per heavy atom. The molecule has 1 N–H and O–H groups in total. The van der Waals surface area contributed by atoms with Crippen LogP contribution in [0.5, 0.6) is 0 Å². The van der Waals surface area contributed by atoms with Gasteiger partial charge in [0.25, 0.3) is 5.91 Å². The fourth-order valence-electron chi connectivity index (χ4n) is 6.81. The number of nitrogens with zero attached hydrogens (tertiary/aromatic N) is 4. The van der Waals surface area contributed by atoms with Gasteiger partial charge >= 0.3 is 0 Å². The first-order chi connectivity index (χ1) is 22.7. The maximum Gasteiger partial charge on any atom is 0.256 e. The van der Waals surface area contributed by atoms with E-state index in [0.29, 0.717) is 54.5 Å². The first-order valence-corrected chi connectivity index (χ1v) is 16.0. The zero-order valence-electron chi connectivity index (χ0n) is 26.7. The van der Waals surface area contributed by atoms with Crippen LogP contribution in [0.15, 0.2) is 67.5 Å². The largest absolute Gasteiger partial charge is 0.451 e. The lowest BCUT2D eigenvalue weighted by molar-refractivity contribution is 0.0954. The van der Waals surface area contributed by atoms with Crippen LogP contribution in [0.1, 0.15) is 30.1 Å². The molecule has 2 aromatic heterocycles. The summed E-state index contributed by atoms with van der Waals surface area (Å²) in [6.45, 7) is 7.16. The number of nitrogens with one attached hydrogen (secondary N) is 1. The van der Waals surface area contributed by atoms with Crippen molar-refractivity contribution in [2.75, 3.05) is 64.8 Å². The molecule has 11 heteroatoms. The summed E-state index contributed by atoms with van der Waals surface area (Å²) < 4.78 is 23.9. The summed E-state index contributed by atoms with van der Waals surface area (Å²) in [5.41, 5.74) is -0.227. The van der Waals surface area contributed by atoms with E-state index < -0.39 is 17.2 Å². The maximum atomic E-state index is 15.9. The molecule has 0 spiro atoms. The molecule has 2 fully saturated rings. The molecule has 0 radical (unpaired) electrons. The van der Waals surface area contributed by atoms with E-state index in [-0.39, 0.29) is 49.4 Å². The van der Waals surface area contributed by atoms with Gasteiger partial charge < -0.3 is 28.8 Å². The third kappa shape index (κ3) is 5.19. The molecule has 10 nitrogen and oxygen atoms in total. The summed E-state index contributed by atoms with van der Waals surface area (Å²) in [6.07, 6.45) is 4.23. The third-order valence-electron chi connectivity index (χ3n) is 9.38. The summed E-state index contributed by atoms with van der Waals surface area (Å²) in [5.74, 6) is -1.24. The predicted molar refractivity (Wildman–Crippen MR) is 184 cm³/mol. The van der Waals surface area contributed by atoms with E-state index in [4.69, 9.17) is 4.42 Å². The molecule has 2 aliphatic rings. The predicted octanol–water partition coefficient (Wildman–Crippen LogP) is 4.02. The van der Waals surface area contributed by atoms with Crippen LogP contribution in [-0.4, -0.2) is 80.0 Å². The molecular weight excluding hydrogens is 601 g/mol. The van der Waals surface area contributed by atoms with Gasteiger partial charge in [-0.25, -0.2) is 4.39 Å². The zero-order chi connectivity index (χ0) is 33.0. The van der Waals surface area contributed by atoms with Gasteiger partial charge in [0.2, 0.25) is 5.43 Å². The Balaban J connectivity index is 0.000000529. The number of aromatic nitrogens is 1. The van der Waals surface area contributed by atoms with Gasteiger partial charge in [0, 0.05) is 60.5 Å². The molecule has 0 aliphatic carbocycles. The number of carbonyl (C=O) groups excluding carboxylic acids is 1. The van der Waals surface area contributed by atoms with E-state index in [1.54, 1.807) is 41.7 Å². The Kier molecular flexibility index (Phi) is 7.89. The van der Waals surface area contributed by atoms with Gasteiger partial charge in [0.1, 0.15) is 16.8 Å². The molecule has 6 aromatic rings. The van der Waals surface area contributed by atoms with Crippen molar-refractivity contribution in [1.82, 2.24) is 19.5 Å². The molecule has 8 rings (SSSR count). The van der Waals surface area contributed by atoms with Gasteiger partial charge in [0.05, 0.1) is 10.9 Å². The van der Waals surface area contributed by atoms with E-state index in [2.05, 4.69) is 22.2 Å². The second-order valence-electron chi connectivity index (χ2n) is 12.5. The van der Waals surface area contributed by atoms with Crippen LogP contribution in [0.3, 0.4) is 0 Å². The number of hydrogen-bond donors (Lipinski definition) is 1. The lowest BCUT2D eigenvalue weighted by atomic mass is 10.0. The lowest BCUT2D eigenvalue weighted by Crippen LogP contribution is -2.45. The molecule has 2 aliphatic heterocycles. The quantitative estimate of drug-likeness (QED) is 0.229. The van der Waals surface area contributed by atoms with Crippen LogP contribution in [0.4, 0.5) is 10.1 Å². The number of amides is 1. The van der Waals surface area contributed by atoms with Crippen LogP contribution in [-0.2, 0) is 0 Å². The van der Waals surface area contributed by atoms with Crippen LogP contribution in [0.2, 0.25) is 0 Å². The number of likely N-dealkylation sites (N-methyl/N-ethyl adjacent to an activating group) is 1. The molecule has 47 heavy (non-hydrogen) atoms. The first kappa shape index (κ1) is 30.8. The standard InChI is InChI=1S/C31H25FN4O5.C5H11N/c1-3-33-31(40)21-15-36-23-13-18-19(28(38)17-7-5-4-6-16(17)27(18)37)14-24(23)41-30-25(36)20(29(21)39)12-22(32)26(30)35-10-8-34(2)9-11-35;1-6-4-2-3-5-6/h4-7,12-15H,3,8-11H2,1-2H3,(H,33,40);2-5H2,1H3. The van der Waals surface area contributed by atoms with E-state index >= 15 is 4.39 Å². The maximum absolute atomic E-state index is 15.9. The van der Waals surface area contributed by atoms with Crippen molar-refractivity contribution in [3.8, 4) is 0 Å². The highest BCUT2D eigenvalue weighted by atomic mass is 19.1. The smallest absolute Gasteiger partial charge is 0.256 e.